The zero-order chi connectivity index (χ0) is 11.1. The predicted molar refractivity (Wildman–Crippen MR) is 59.8 cm³/mol. The highest BCUT2D eigenvalue weighted by Crippen LogP contribution is 2.09. The molecule has 0 aliphatic heterocycles. The normalized spacial score (nSPS) is 9.73. The van der Waals surface area contributed by atoms with Crippen LogP contribution >= 0.6 is 0 Å². The highest BCUT2D eigenvalue weighted by atomic mass is 16.5. The number of anilines is 1. The molecule has 1 rings (SSSR count). The molecule has 15 heavy (non-hydrogen) atoms. The zero-order valence-corrected chi connectivity index (χ0v) is 8.82. The smallest absolute Gasteiger partial charge is 0.411 e. The van der Waals surface area contributed by atoms with Crippen molar-refractivity contribution in [3.05, 3.63) is 29.8 Å². The van der Waals surface area contributed by atoms with Gasteiger partial charge in [0.2, 0.25) is 0 Å². The van der Waals surface area contributed by atoms with E-state index >= 15 is 0 Å². The van der Waals surface area contributed by atoms with Crippen molar-refractivity contribution in [2.75, 3.05) is 18.5 Å². The first-order valence-electron chi connectivity index (χ1n) is 4.99. The molecule has 1 amide bonds. The Hall–Kier alpha value is -1.55. The summed E-state index contributed by atoms with van der Waals surface area (Å²) in [6, 6.07) is 7.55. The number of ether oxygens (including phenoxy) is 1. The Balaban J connectivity index is 2.52. The van der Waals surface area contributed by atoms with Crippen LogP contribution in [0.15, 0.2) is 24.3 Å². The third kappa shape index (κ3) is 3.99. The molecule has 0 aliphatic rings. The summed E-state index contributed by atoms with van der Waals surface area (Å²) in [6.45, 7) is 2.77. The third-order valence-corrected chi connectivity index (χ3v) is 1.91. The van der Waals surface area contributed by atoms with Gasteiger partial charge in [0.1, 0.15) is 0 Å². The van der Waals surface area contributed by atoms with Crippen LogP contribution < -0.4 is 11.1 Å². The number of nitrogens with one attached hydrogen (secondary N) is 1. The molecule has 0 atom stereocenters. The van der Waals surface area contributed by atoms with Crippen molar-refractivity contribution >= 4 is 11.8 Å². The van der Waals surface area contributed by atoms with Crippen molar-refractivity contribution in [1.82, 2.24) is 0 Å². The van der Waals surface area contributed by atoms with Crippen LogP contribution in [0, 0.1) is 0 Å². The number of hydrogen-bond donors (Lipinski definition) is 2. The molecule has 0 bridgehead atoms. The molecule has 4 heteroatoms. The molecule has 0 aliphatic carbocycles. The molecule has 1 aromatic carbocycles. The van der Waals surface area contributed by atoms with Crippen LogP contribution in [-0.4, -0.2) is 19.2 Å². The van der Waals surface area contributed by atoms with Gasteiger partial charge in [-0.15, -0.1) is 0 Å². The summed E-state index contributed by atoms with van der Waals surface area (Å²) in [4.78, 5) is 11.1. The summed E-state index contributed by atoms with van der Waals surface area (Å²) in [6.07, 6.45) is 0.420. The van der Waals surface area contributed by atoms with Gasteiger partial charge in [0.15, 0.2) is 0 Å². The fraction of sp³-hybridized carbons (Fsp3) is 0.364. The Morgan fingerprint density at radius 1 is 1.40 bits per heavy atom. The summed E-state index contributed by atoms with van der Waals surface area (Å²) in [7, 11) is 0. The number of carbonyl (C=O) groups is 1. The maximum Gasteiger partial charge on any atom is 0.411 e. The second kappa shape index (κ2) is 6.03. The summed E-state index contributed by atoms with van der Waals surface area (Å²) >= 11 is 0. The Kier molecular flexibility index (Phi) is 4.63. The van der Waals surface area contributed by atoms with E-state index in [1.807, 2.05) is 24.3 Å². The number of nitrogens with two attached hydrogens (primary N) is 1. The first kappa shape index (κ1) is 11.5. The lowest BCUT2D eigenvalue weighted by atomic mass is 10.1. The molecule has 0 heterocycles. The van der Waals surface area contributed by atoms with Gasteiger partial charge in [-0.2, -0.15) is 0 Å². The largest absolute Gasteiger partial charge is 0.450 e. The van der Waals surface area contributed by atoms with Crippen LogP contribution in [-0.2, 0) is 11.2 Å². The van der Waals surface area contributed by atoms with Crippen molar-refractivity contribution < 1.29 is 9.53 Å². The van der Waals surface area contributed by atoms with Crippen LogP contribution in [0.3, 0.4) is 0 Å². The summed E-state index contributed by atoms with van der Waals surface area (Å²) in [5.41, 5.74) is 7.32. The van der Waals surface area contributed by atoms with Crippen molar-refractivity contribution in [3.8, 4) is 0 Å². The molecule has 0 saturated heterocycles. The molecule has 0 unspecified atom stereocenters. The van der Waals surface area contributed by atoms with Gasteiger partial charge in [-0.05, 0) is 37.6 Å². The van der Waals surface area contributed by atoms with E-state index in [1.54, 1.807) is 6.92 Å². The molecular formula is C11H16N2O2. The SMILES string of the molecule is CCOC(=O)Nc1ccc(CCN)cc1. The van der Waals surface area contributed by atoms with Crippen LogP contribution in [0.1, 0.15) is 12.5 Å². The third-order valence-electron chi connectivity index (χ3n) is 1.91. The standard InChI is InChI=1S/C11H16N2O2/c1-2-15-11(14)13-10-5-3-9(4-6-10)7-8-12/h3-6H,2,7-8,12H2,1H3,(H,13,14). The molecule has 0 saturated carbocycles. The van der Waals surface area contributed by atoms with E-state index in [0.29, 0.717) is 13.2 Å². The summed E-state index contributed by atoms with van der Waals surface area (Å²) in [5, 5.41) is 2.62. The monoisotopic (exact) mass is 208 g/mol. The topological polar surface area (TPSA) is 64.3 Å². The van der Waals surface area contributed by atoms with Crippen LogP contribution in [0.2, 0.25) is 0 Å². The first-order valence-corrected chi connectivity index (χ1v) is 4.99. The van der Waals surface area contributed by atoms with Crippen LogP contribution in [0.5, 0.6) is 0 Å². The average Bonchev–Trinajstić information content (AvgIpc) is 2.22. The molecule has 0 spiro atoms. The van der Waals surface area contributed by atoms with Crippen molar-refractivity contribution in [3.63, 3.8) is 0 Å². The van der Waals surface area contributed by atoms with Crippen molar-refractivity contribution in [2.45, 2.75) is 13.3 Å². The fourth-order valence-corrected chi connectivity index (χ4v) is 1.21. The van der Waals surface area contributed by atoms with Crippen molar-refractivity contribution in [1.29, 1.82) is 0 Å². The van der Waals surface area contributed by atoms with E-state index in [-0.39, 0.29) is 0 Å². The Labute approximate surface area is 89.4 Å². The van der Waals surface area contributed by atoms with E-state index < -0.39 is 6.09 Å². The van der Waals surface area contributed by atoms with Crippen molar-refractivity contribution in [2.24, 2.45) is 5.73 Å². The fourth-order valence-electron chi connectivity index (χ4n) is 1.21. The maximum atomic E-state index is 11.1. The van der Waals surface area contributed by atoms with Gasteiger partial charge in [0.05, 0.1) is 6.61 Å². The summed E-state index contributed by atoms with van der Waals surface area (Å²) in [5.74, 6) is 0. The number of hydrogen-bond acceptors (Lipinski definition) is 3. The number of benzene rings is 1. The molecule has 82 valence electrons. The molecule has 3 N–H and O–H groups in total. The highest BCUT2D eigenvalue weighted by Gasteiger charge is 2.00. The quantitative estimate of drug-likeness (QED) is 0.792. The molecular weight excluding hydrogens is 192 g/mol. The minimum absolute atomic E-state index is 0.372. The van der Waals surface area contributed by atoms with E-state index in [2.05, 4.69) is 5.32 Å². The zero-order valence-electron chi connectivity index (χ0n) is 8.82. The molecule has 0 fully saturated rings. The van der Waals surface area contributed by atoms with Crippen LogP contribution in [0.25, 0.3) is 0 Å². The van der Waals surface area contributed by atoms with Gasteiger partial charge in [0, 0.05) is 5.69 Å². The minimum Gasteiger partial charge on any atom is -0.450 e. The Morgan fingerprint density at radius 3 is 2.60 bits per heavy atom. The second-order valence-electron chi connectivity index (χ2n) is 3.08. The average molecular weight is 208 g/mol. The van der Waals surface area contributed by atoms with Gasteiger partial charge in [-0.25, -0.2) is 4.79 Å². The number of amides is 1. The highest BCUT2D eigenvalue weighted by molar-refractivity contribution is 5.84. The van der Waals surface area contributed by atoms with Gasteiger partial charge in [0.25, 0.3) is 0 Å². The molecule has 1 aromatic rings. The van der Waals surface area contributed by atoms with E-state index in [4.69, 9.17) is 10.5 Å². The van der Waals surface area contributed by atoms with Crippen LogP contribution in [0.4, 0.5) is 10.5 Å². The Morgan fingerprint density at radius 2 is 2.07 bits per heavy atom. The Bertz CT molecular complexity index is 309. The summed E-state index contributed by atoms with van der Waals surface area (Å²) < 4.78 is 4.75. The van der Waals surface area contributed by atoms with Gasteiger partial charge < -0.3 is 10.5 Å². The maximum absolute atomic E-state index is 11.1. The second-order valence-corrected chi connectivity index (χ2v) is 3.08. The number of rotatable bonds is 4. The van der Waals surface area contributed by atoms with E-state index in [1.165, 1.54) is 0 Å². The first-order chi connectivity index (χ1) is 7.26. The lowest BCUT2D eigenvalue weighted by Crippen LogP contribution is -2.13. The number of carbonyl (C=O) groups excluding carboxylic acids is 1. The van der Waals surface area contributed by atoms with Gasteiger partial charge >= 0.3 is 6.09 Å². The van der Waals surface area contributed by atoms with Gasteiger partial charge in [-0.1, -0.05) is 12.1 Å². The van der Waals surface area contributed by atoms with E-state index in [0.717, 1.165) is 17.7 Å². The molecule has 0 aromatic heterocycles. The van der Waals surface area contributed by atoms with Gasteiger partial charge in [-0.3, -0.25) is 5.32 Å². The lowest BCUT2D eigenvalue weighted by molar-refractivity contribution is 0.168. The minimum atomic E-state index is -0.427. The van der Waals surface area contributed by atoms with E-state index in [9.17, 15) is 4.79 Å². The molecule has 4 nitrogen and oxygen atoms in total. The molecule has 0 radical (unpaired) electrons. The lowest BCUT2D eigenvalue weighted by Gasteiger charge is -2.05. The predicted octanol–water partition coefficient (Wildman–Crippen LogP) is 1.76.